The number of carbonyl (C=O) groups excluding carboxylic acids is 1. The highest BCUT2D eigenvalue weighted by atomic mass is 16.1. The Morgan fingerprint density at radius 2 is 1.88 bits per heavy atom. The van der Waals surface area contributed by atoms with Crippen LogP contribution in [0.2, 0.25) is 0 Å². The van der Waals surface area contributed by atoms with Gasteiger partial charge in [-0.1, -0.05) is 12.1 Å². The maximum absolute atomic E-state index is 11.6. The molecule has 0 aliphatic heterocycles. The van der Waals surface area contributed by atoms with E-state index in [0.717, 1.165) is 27.7 Å². The van der Waals surface area contributed by atoms with Crippen LogP contribution in [-0.4, -0.2) is 10.8 Å². The Morgan fingerprint density at radius 1 is 1.19 bits per heavy atom. The number of rotatable bonds is 1. The molecule has 2 rings (SSSR count). The van der Waals surface area contributed by atoms with Crippen LogP contribution in [0.3, 0.4) is 0 Å². The summed E-state index contributed by atoms with van der Waals surface area (Å²) in [5.41, 5.74) is 4.98. The van der Waals surface area contributed by atoms with E-state index in [0.29, 0.717) is 0 Å². The third kappa shape index (κ3) is 1.60. The highest BCUT2D eigenvalue weighted by molar-refractivity contribution is 6.06. The highest BCUT2D eigenvalue weighted by Gasteiger charge is 2.10. The Morgan fingerprint density at radius 3 is 2.50 bits per heavy atom. The van der Waals surface area contributed by atoms with E-state index in [1.807, 2.05) is 32.0 Å². The van der Waals surface area contributed by atoms with Crippen molar-refractivity contribution < 1.29 is 4.79 Å². The van der Waals surface area contributed by atoms with Gasteiger partial charge in [0.1, 0.15) is 0 Å². The summed E-state index contributed by atoms with van der Waals surface area (Å²) in [7, 11) is 0. The van der Waals surface area contributed by atoms with Gasteiger partial charge in [-0.05, 0) is 44.9 Å². The average Bonchev–Trinajstić information content (AvgIpc) is 2.23. The van der Waals surface area contributed by atoms with Gasteiger partial charge >= 0.3 is 0 Å². The molecular formula is C14H15NO. The Balaban J connectivity index is 2.94. The number of ketones is 1. The van der Waals surface area contributed by atoms with Crippen molar-refractivity contribution in [3.8, 4) is 0 Å². The van der Waals surface area contributed by atoms with E-state index in [4.69, 9.17) is 0 Å². The molecule has 2 aromatic rings. The molecule has 0 amide bonds. The molecule has 0 spiro atoms. The highest BCUT2D eigenvalue weighted by Crippen LogP contribution is 2.24. The zero-order valence-corrected chi connectivity index (χ0v) is 10.1. The quantitative estimate of drug-likeness (QED) is 0.680. The number of fused-ring (bicyclic) bond motifs is 1. The van der Waals surface area contributed by atoms with Crippen molar-refractivity contribution in [2.45, 2.75) is 27.7 Å². The number of hydrogen-bond donors (Lipinski definition) is 0. The molecule has 0 aliphatic carbocycles. The minimum Gasteiger partial charge on any atom is -0.294 e. The zero-order chi connectivity index (χ0) is 11.9. The van der Waals surface area contributed by atoms with Crippen molar-refractivity contribution >= 4 is 16.7 Å². The summed E-state index contributed by atoms with van der Waals surface area (Å²) < 4.78 is 0. The van der Waals surface area contributed by atoms with Gasteiger partial charge in [0, 0.05) is 16.6 Å². The lowest BCUT2D eigenvalue weighted by atomic mass is 9.99. The van der Waals surface area contributed by atoms with E-state index in [9.17, 15) is 4.79 Å². The molecular weight excluding hydrogens is 198 g/mol. The molecule has 1 aromatic heterocycles. The fraction of sp³-hybridized carbons (Fsp3) is 0.286. The fourth-order valence-corrected chi connectivity index (χ4v) is 1.95. The molecule has 0 N–H and O–H groups in total. The van der Waals surface area contributed by atoms with Crippen molar-refractivity contribution in [3.63, 3.8) is 0 Å². The van der Waals surface area contributed by atoms with Crippen LogP contribution in [-0.2, 0) is 0 Å². The molecule has 2 heteroatoms. The van der Waals surface area contributed by atoms with Gasteiger partial charge in [0.05, 0.1) is 5.52 Å². The van der Waals surface area contributed by atoms with Crippen molar-refractivity contribution in [2.24, 2.45) is 0 Å². The number of benzene rings is 1. The van der Waals surface area contributed by atoms with E-state index in [1.54, 1.807) is 6.92 Å². The largest absolute Gasteiger partial charge is 0.294 e. The van der Waals surface area contributed by atoms with Gasteiger partial charge in [0.15, 0.2) is 5.78 Å². The molecule has 0 unspecified atom stereocenters. The van der Waals surface area contributed by atoms with Crippen LogP contribution < -0.4 is 0 Å². The van der Waals surface area contributed by atoms with Crippen LogP contribution in [0, 0.1) is 20.8 Å². The molecule has 0 saturated heterocycles. The second-order valence-corrected chi connectivity index (χ2v) is 4.27. The molecule has 0 aliphatic rings. The second kappa shape index (κ2) is 3.71. The van der Waals surface area contributed by atoms with Gasteiger partial charge < -0.3 is 0 Å². The van der Waals surface area contributed by atoms with Gasteiger partial charge in [-0.25, -0.2) is 0 Å². The number of pyridine rings is 1. The normalized spacial score (nSPS) is 10.8. The van der Waals surface area contributed by atoms with Crippen LogP contribution in [0.25, 0.3) is 10.9 Å². The fourth-order valence-electron chi connectivity index (χ4n) is 1.95. The summed E-state index contributed by atoms with van der Waals surface area (Å²) in [6.07, 6.45) is 0. The van der Waals surface area contributed by atoms with Crippen LogP contribution >= 0.6 is 0 Å². The van der Waals surface area contributed by atoms with Gasteiger partial charge in [-0.15, -0.1) is 0 Å². The lowest BCUT2D eigenvalue weighted by Gasteiger charge is -2.09. The maximum Gasteiger partial charge on any atom is 0.160 e. The van der Waals surface area contributed by atoms with E-state index in [2.05, 4.69) is 11.9 Å². The van der Waals surface area contributed by atoms with Crippen LogP contribution in [0.4, 0.5) is 0 Å². The molecule has 0 saturated carbocycles. The van der Waals surface area contributed by atoms with Gasteiger partial charge in [-0.3, -0.25) is 9.78 Å². The number of carbonyl (C=O) groups is 1. The zero-order valence-electron chi connectivity index (χ0n) is 10.1. The smallest absolute Gasteiger partial charge is 0.160 e. The topological polar surface area (TPSA) is 30.0 Å². The molecule has 0 bridgehead atoms. The van der Waals surface area contributed by atoms with E-state index >= 15 is 0 Å². The third-order valence-corrected chi connectivity index (χ3v) is 3.01. The van der Waals surface area contributed by atoms with E-state index in [-0.39, 0.29) is 5.78 Å². The monoisotopic (exact) mass is 213 g/mol. The first-order valence-electron chi connectivity index (χ1n) is 5.39. The van der Waals surface area contributed by atoms with Gasteiger partial charge in [0.2, 0.25) is 0 Å². The number of Topliss-reactive ketones (excluding diaryl/α,β-unsaturated/α-hetero) is 1. The number of aryl methyl sites for hydroxylation is 3. The maximum atomic E-state index is 11.6. The molecule has 0 fully saturated rings. The first-order chi connectivity index (χ1) is 7.50. The van der Waals surface area contributed by atoms with E-state index in [1.165, 1.54) is 5.56 Å². The molecule has 16 heavy (non-hydrogen) atoms. The Labute approximate surface area is 95.3 Å². The van der Waals surface area contributed by atoms with Crippen molar-refractivity contribution in [1.82, 2.24) is 4.98 Å². The molecule has 2 nitrogen and oxygen atoms in total. The third-order valence-electron chi connectivity index (χ3n) is 3.01. The summed E-state index contributed by atoms with van der Waals surface area (Å²) in [5.74, 6) is 0.0961. The molecule has 1 aromatic carbocycles. The lowest BCUT2D eigenvalue weighted by Crippen LogP contribution is -1.99. The predicted molar refractivity (Wildman–Crippen MR) is 66.0 cm³/mol. The summed E-state index contributed by atoms with van der Waals surface area (Å²) in [5, 5.41) is 0.959. The standard InChI is InChI=1S/C14H15NO/c1-8-5-6-12-13(11(4)16)7-9(2)15-14(12)10(8)3/h5-7H,1-4H3. The SMILES string of the molecule is CC(=O)c1cc(C)nc2c(C)c(C)ccc12. The summed E-state index contributed by atoms with van der Waals surface area (Å²) in [6.45, 7) is 7.64. The predicted octanol–water partition coefficient (Wildman–Crippen LogP) is 3.36. The van der Waals surface area contributed by atoms with Crippen LogP contribution in [0.5, 0.6) is 0 Å². The first-order valence-corrected chi connectivity index (χ1v) is 5.39. The van der Waals surface area contributed by atoms with Gasteiger partial charge in [0.25, 0.3) is 0 Å². The van der Waals surface area contributed by atoms with Gasteiger partial charge in [-0.2, -0.15) is 0 Å². The minimum absolute atomic E-state index is 0.0961. The second-order valence-electron chi connectivity index (χ2n) is 4.27. The molecule has 0 atom stereocenters. The number of nitrogens with zero attached hydrogens (tertiary/aromatic N) is 1. The first kappa shape index (κ1) is 10.8. The average molecular weight is 213 g/mol. The van der Waals surface area contributed by atoms with Crippen molar-refractivity contribution in [3.05, 3.63) is 40.6 Å². The Kier molecular flexibility index (Phi) is 2.50. The number of aromatic nitrogens is 1. The molecule has 82 valence electrons. The number of hydrogen-bond acceptors (Lipinski definition) is 2. The van der Waals surface area contributed by atoms with Crippen molar-refractivity contribution in [2.75, 3.05) is 0 Å². The minimum atomic E-state index is 0.0961. The van der Waals surface area contributed by atoms with E-state index < -0.39 is 0 Å². The summed E-state index contributed by atoms with van der Waals surface area (Å²) >= 11 is 0. The molecule has 1 heterocycles. The Bertz CT molecular complexity index is 585. The molecule has 0 radical (unpaired) electrons. The van der Waals surface area contributed by atoms with Crippen molar-refractivity contribution in [1.29, 1.82) is 0 Å². The lowest BCUT2D eigenvalue weighted by molar-refractivity contribution is 0.101. The van der Waals surface area contributed by atoms with Crippen LogP contribution in [0.1, 0.15) is 34.1 Å². The summed E-state index contributed by atoms with van der Waals surface area (Å²) in [6, 6.07) is 5.89. The Hall–Kier alpha value is -1.70. The summed E-state index contributed by atoms with van der Waals surface area (Å²) in [4.78, 5) is 16.1. The van der Waals surface area contributed by atoms with Crippen LogP contribution in [0.15, 0.2) is 18.2 Å².